The molecule has 0 amide bonds. The van der Waals surface area contributed by atoms with Gasteiger partial charge in [-0.3, -0.25) is 0 Å². The van der Waals surface area contributed by atoms with Gasteiger partial charge in [0.25, 0.3) is 0 Å². The molecule has 0 aliphatic carbocycles. The fraction of sp³-hybridized carbons (Fsp3) is 0.0455. The zero-order valence-corrected chi connectivity index (χ0v) is 25.7. The molecule has 0 radical (unpaired) electrons. The second kappa shape index (κ2) is 10.4. The van der Waals surface area contributed by atoms with Gasteiger partial charge < -0.3 is 8.83 Å². The monoisotopic (exact) mass is 590 g/mol. The molecule has 2 aromatic heterocycles. The highest BCUT2D eigenvalue weighted by molar-refractivity contribution is 6.25. The van der Waals surface area contributed by atoms with Gasteiger partial charge in [0.15, 0.2) is 0 Å². The van der Waals surface area contributed by atoms with Gasteiger partial charge in [0.05, 0.1) is 0 Å². The quantitative estimate of drug-likeness (QED) is 0.191. The smallest absolute Gasteiger partial charge is 0.135 e. The van der Waals surface area contributed by atoms with Crippen LogP contribution in [0.25, 0.3) is 88.0 Å². The van der Waals surface area contributed by atoms with Crippen LogP contribution in [-0.2, 0) is 0 Å². The summed E-state index contributed by atoms with van der Waals surface area (Å²) in [5, 5.41) is 7.11. The number of furan rings is 2. The Morgan fingerprint density at radius 3 is 1.48 bits per heavy atom. The Kier molecular flexibility index (Phi) is 5.97. The minimum Gasteiger partial charge on any atom is -0.461 e. The second-order valence-electron chi connectivity index (χ2n) is 12.0. The molecule has 2 heterocycles. The van der Waals surface area contributed by atoms with Crippen molar-refractivity contribution in [2.75, 3.05) is 0 Å². The zero-order chi connectivity index (χ0) is 30.8. The third-order valence-electron chi connectivity index (χ3n) is 9.39. The summed E-state index contributed by atoms with van der Waals surface area (Å²) >= 11 is 0. The molecule has 9 aromatic rings. The maximum Gasteiger partial charge on any atom is 0.135 e. The van der Waals surface area contributed by atoms with Gasteiger partial charge in [0, 0.05) is 21.9 Å². The average molecular weight is 591 g/mol. The molecule has 9 rings (SSSR count). The van der Waals surface area contributed by atoms with Gasteiger partial charge in [0.2, 0.25) is 0 Å². The summed E-state index contributed by atoms with van der Waals surface area (Å²) in [6.07, 6.45) is 0. The number of hydrogen-bond donors (Lipinski definition) is 0. The lowest BCUT2D eigenvalue weighted by Crippen LogP contribution is -1.92. The number of para-hydroxylation sites is 1. The summed E-state index contributed by atoms with van der Waals surface area (Å²) in [6.45, 7) is 4.12. The SMILES string of the molecule is Cc1oc2ccccc2c1-c1c(C)oc2cccc(-c3c4ccccc4c(-c4ccc(-c5ccccc5)cc4)c4ccccc34)c12. The Hall–Kier alpha value is -5.86. The van der Waals surface area contributed by atoms with Crippen LogP contribution in [0.2, 0.25) is 0 Å². The lowest BCUT2D eigenvalue weighted by molar-refractivity contribution is 0.574. The molecule has 46 heavy (non-hydrogen) atoms. The molecule has 0 saturated carbocycles. The fourth-order valence-electron chi connectivity index (χ4n) is 7.44. The third kappa shape index (κ3) is 3.97. The van der Waals surface area contributed by atoms with E-state index in [-0.39, 0.29) is 0 Å². The Bertz CT molecular complexity index is 2520. The highest BCUT2D eigenvalue weighted by atomic mass is 16.3. The number of rotatable bonds is 4. The summed E-state index contributed by atoms with van der Waals surface area (Å²) in [5.74, 6) is 1.78. The van der Waals surface area contributed by atoms with E-state index in [1.54, 1.807) is 0 Å². The molecule has 2 nitrogen and oxygen atoms in total. The van der Waals surface area contributed by atoms with Crippen molar-refractivity contribution in [3.05, 3.63) is 157 Å². The molecule has 0 saturated heterocycles. The van der Waals surface area contributed by atoms with E-state index < -0.39 is 0 Å². The van der Waals surface area contributed by atoms with Crippen molar-refractivity contribution in [1.29, 1.82) is 0 Å². The van der Waals surface area contributed by atoms with Crippen LogP contribution in [0.5, 0.6) is 0 Å². The normalized spacial score (nSPS) is 11.7. The predicted molar refractivity (Wildman–Crippen MR) is 192 cm³/mol. The van der Waals surface area contributed by atoms with Crippen LogP contribution in [0, 0.1) is 13.8 Å². The molecular weight excluding hydrogens is 560 g/mol. The van der Waals surface area contributed by atoms with E-state index >= 15 is 0 Å². The molecule has 7 aromatic carbocycles. The minimum atomic E-state index is 0.878. The number of aryl methyl sites for hydroxylation is 2. The summed E-state index contributed by atoms with van der Waals surface area (Å²) < 4.78 is 12.8. The molecule has 0 aliphatic rings. The molecule has 0 N–H and O–H groups in total. The minimum absolute atomic E-state index is 0.878. The molecule has 0 fully saturated rings. The van der Waals surface area contributed by atoms with Gasteiger partial charge in [0.1, 0.15) is 22.7 Å². The summed E-state index contributed by atoms with van der Waals surface area (Å²) in [7, 11) is 0. The molecule has 0 aliphatic heterocycles. The second-order valence-corrected chi connectivity index (χ2v) is 12.0. The van der Waals surface area contributed by atoms with E-state index in [4.69, 9.17) is 8.83 Å². The predicted octanol–water partition coefficient (Wildman–Crippen LogP) is 12.8. The van der Waals surface area contributed by atoms with Gasteiger partial charge in [-0.1, -0.05) is 133 Å². The first-order valence-electron chi connectivity index (χ1n) is 15.8. The number of hydrogen-bond acceptors (Lipinski definition) is 2. The number of fused-ring (bicyclic) bond motifs is 4. The van der Waals surface area contributed by atoms with E-state index in [9.17, 15) is 0 Å². The first kappa shape index (κ1) is 26.5. The molecule has 0 atom stereocenters. The molecule has 0 bridgehead atoms. The summed E-state index contributed by atoms with van der Waals surface area (Å²) in [5.41, 5.74) is 11.2. The zero-order valence-electron chi connectivity index (χ0n) is 25.7. The standard InChI is InChI=1S/C44H30O2/c1-27-40(36-19-10-11-21-38(36)45-27)41-28(2)46-39-22-12-20-37(44(39)41)43-34-17-8-6-15-32(34)42(33-16-7-9-18-35(33)43)31-25-23-30(24-26-31)29-13-4-3-5-14-29/h3-26H,1-2H3. The maximum absolute atomic E-state index is 6.51. The Labute approximate surface area is 267 Å². The lowest BCUT2D eigenvalue weighted by Gasteiger charge is -2.18. The van der Waals surface area contributed by atoms with Crippen LogP contribution in [0.4, 0.5) is 0 Å². The summed E-state index contributed by atoms with van der Waals surface area (Å²) in [6, 6.07) is 52.0. The fourth-order valence-corrected chi connectivity index (χ4v) is 7.44. The van der Waals surface area contributed by atoms with Crippen LogP contribution in [0.1, 0.15) is 11.5 Å². The van der Waals surface area contributed by atoms with Crippen molar-refractivity contribution >= 4 is 43.5 Å². The molecule has 218 valence electrons. The van der Waals surface area contributed by atoms with E-state index in [1.165, 1.54) is 49.4 Å². The molecule has 0 unspecified atom stereocenters. The average Bonchev–Trinajstić information content (AvgIpc) is 3.61. The van der Waals surface area contributed by atoms with Crippen molar-refractivity contribution in [3.8, 4) is 44.5 Å². The lowest BCUT2D eigenvalue weighted by atomic mass is 9.84. The Morgan fingerprint density at radius 1 is 0.326 bits per heavy atom. The maximum atomic E-state index is 6.51. The molecule has 0 spiro atoms. The topological polar surface area (TPSA) is 26.3 Å². The van der Waals surface area contributed by atoms with Gasteiger partial charge >= 0.3 is 0 Å². The number of benzene rings is 7. The Morgan fingerprint density at radius 2 is 0.804 bits per heavy atom. The van der Waals surface area contributed by atoms with Crippen molar-refractivity contribution in [2.24, 2.45) is 0 Å². The van der Waals surface area contributed by atoms with Crippen LogP contribution < -0.4 is 0 Å². The van der Waals surface area contributed by atoms with E-state index in [0.717, 1.165) is 50.1 Å². The largest absolute Gasteiger partial charge is 0.461 e. The van der Waals surface area contributed by atoms with Gasteiger partial charge in [-0.25, -0.2) is 0 Å². The highest BCUT2D eigenvalue weighted by Gasteiger charge is 2.25. The van der Waals surface area contributed by atoms with Gasteiger partial charge in [-0.15, -0.1) is 0 Å². The van der Waals surface area contributed by atoms with Crippen molar-refractivity contribution in [2.45, 2.75) is 13.8 Å². The molecule has 2 heteroatoms. The van der Waals surface area contributed by atoms with Crippen molar-refractivity contribution in [3.63, 3.8) is 0 Å². The summed E-state index contributed by atoms with van der Waals surface area (Å²) in [4.78, 5) is 0. The van der Waals surface area contributed by atoms with E-state index in [2.05, 4.69) is 147 Å². The Balaban J connectivity index is 1.35. The first-order chi connectivity index (χ1) is 22.7. The van der Waals surface area contributed by atoms with Gasteiger partial charge in [-0.2, -0.15) is 0 Å². The van der Waals surface area contributed by atoms with E-state index in [1.807, 2.05) is 12.1 Å². The van der Waals surface area contributed by atoms with Crippen molar-refractivity contribution in [1.82, 2.24) is 0 Å². The van der Waals surface area contributed by atoms with Crippen LogP contribution >= 0.6 is 0 Å². The van der Waals surface area contributed by atoms with Gasteiger partial charge in [-0.05, 0) is 80.9 Å². The van der Waals surface area contributed by atoms with Crippen LogP contribution in [0.15, 0.2) is 154 Å². The van der Waals surface area contributed by atoms with Crippen molar-refractivity contribution < 1.29 is 8.83 Å². The highest BCUT2D eigenvalue weighted by Crippen LogP contribution is 2.49. The van der Waals surface area contributed by atoms with Crippen LogP contribution in [0.3, 0.4) is 0 Å². The van der Waals surface area contributed by atoms with Crippen LogP contribution in [-0.4, -0.2) is 0 Å². The first-order valence-corrected chi connectivity index (χ1v) is 15.8. The molecular formula is C44H30O2. The van der Waals surface area contributed by atoms with E-state index in [0.29, 0.717) is 0 Å². The third-order valence-corrected chi connectivity index (χ3v) is 9.39.